The van der Waals surface area contributed by atoms with Crippen LogP contribution in [0, 0.1) is 5.82 Å². The fraction of sp³-hybridized carbons (Fsp3) is 0.500. The van der Waals surface area contributed by atoms with Gasteiger partial charge in [0.1, 0.15) is 5.82 Å². The summed E-state index contributed by atoms with van der Waals surface area (Å²) in [5.74, 6) is -1.14. The largest absolute Gasteiger partial charge is 0.381 e. The molecule has 122 valence electrons. The molecule has 0 bridgehead atoms. The zero-order chi connectivity index (χ0) is 16.2. The minimum atomic E-state index is -3.57. The maximum atomic E-state index is 12.8. The van der Waals surface area contributed by atoms with E-state index in [-0.39, 0.29) is 23.1 Å². The van der Waals surface area contributed by atoms with Crippen molar-refractivity contribution in [2.24, 2.45) is 5.73 Å². The van der Waals surface area contributed by atoms with Crippen molar-refractivity contribution in [1.29, 1.82) is 0 Å². The molecule has 8 heteroatoms. The third-order valence-corrected chi connectivity index (χ3v) is 5.40. The average Bonchev–Trinajstić information content (AvgIpc) is 2.48. The van der Waals surface area contributed by atoms with Gasteiger partial charge in [-0.2, -0.15) is 0 Å². The lowest BCUT2D eigenvalue weighted by Gasteiger charge is -2.31. The highest BCUT2D eigenvalue weighted by Crippen LogP contribution is 2.17. The average molecular weight is 330 g/mol. The van der Waals surface area contributed by atoms with E-state index in [9.17, 15) is 17.6 Å². The summed E-state index contributed by atoms with van der Waals surface area (Å²) in [6, 6.07) is 4.58. The Hall–Kier alpha value is -1.51. The minimum absolute atomic E-state index is 0.0247. The van der Waals surface area contributed by atoms with Gasteiger partial charge in [0.05, 0.1) is 16.2 Å². The van der Waals surface area contributed by atoms with E-state index in [2.05, 4.69) is 5.32 Å². The molecule has 0 atom stereocenters. The monoisotopic (exact) mass is 330 g/mol. The van der Waals surface area contributed by atoms with E-state index >= 15 is 0 Å². The fourth-order valence-electron chi connectivity index (χ4n) is 2.20. The first-order valence-corrected chi connectivity index (χ1v) is 8.62. The maximum absolute atomic E-state index is 12.8. The molecule has 1 aromatic rings. The van der Waals surface area contributed by atoms with Crippen molar-refractivity contribution < 1.29 is 22.3 Å². The molecule has 0 spiro atoms. The highest BCUT2D eigenvalue weighted by atomic mass is 32.2. The SMILES string of the molecule is NC1(C(=O)NCCS(=O)(=O)c2ccc(F)cc2)CCOCC1. The molecule has 1 aliphatic rings. The third-order valence-electron chi connectivity index (χ3n) is 3.67. The molecule has 0 radical (unpaired) electrons. The summed E-state index contributed by atoms with van der Waals surface area (Å²) in [5, 5.41) is 2.56. The molecular weight excluding hydrogens is 311 g/mol. The second-order valence-electron chi connectivity index (χ2n) is 5.30. The molecule has 1 aromatic carbocycles. The summed E-state index contributed by atoms with van der Waals surface area (Å²) in [6.07, 6.45) is 0.813. The Morgan fingerprint density at radius 1 is 1.27 bits per heavy atom. The Bertz CT molecular complexity index is 625. The van der Waals surface area contributed by atoms with Gasteiger partial charge in [0.15, 0.2) is 9.84 Å². The fourth-order valence-corrected chi connectivity index (χ4v) is 3.35. The van der Waals surface area contributed by atoms with Gasteiger partial charge in [0.2, 0.25) is 5.91 Å². The number of hydrogen-bond acceptors (Lipinski definition) is 5. The first-order valence-electron chi connectivity index (χ1n) is 6.97. The number of sulfone groups is 1. The molecule has 1 aliphatic heterocycles. The molecule has 1 fully saturated rings. The van der Waals surface area contributed by atoms with E-state index in [0.29, 0.717) is 26.1 Å². The lowest BCUT2D eigenvalue weighted by Crippen LogP contribution is -2.57. The first kappa shape index (κ1) is 16.9. The number of carbonyl (C=O) groups is 1. The van der Waals surface area contributed by atoms with Crippen LogP contribution >= 0.6 is 0 Å². The second kappa shape index (κ2) is 6.72. The molecular formula is C14H19FN2O4S. The summed E-state index contributed by atoms with van der Waals surface area (Å²) >= 11 is 0. The van der Waals surface area contributed by atoms with Crippen molar-refractivity contribution in [3.63, 3.8) is 0 Å². The van der Waals surface area contributed by atoms with E-state index in [1.54, 1.807) is 0 Å². The lowest BCUT2D eigenvalue weighted by molar-refractivity contribution is -0.129. The van der Waals surface area contributed by atoms with Gasteiger partial charge < -0.3 is 15.8 Å². The predicted molar refractivity (Wildman–Crippen MR) is 78.4 cm³/mol. The third kappa shape index (κ3) is 4.02. The summed E-state index contributed by atoms with van der Waals surface area (Å²) in [6.45, 7) is 0.786. The molecule has 0 unspecified atom stereocenters. The van der Waals surface area contributed by atoms with Crippen molar-refractivity contribution in [3.8, 4) is 0 Å². The van der Waals surface area contributed by atoms with Crippen molar-refractivity contribution in [2.75, 3.05) is 25.5 Å². The summed E-state index contributed by atoms with van der Waals surface area (Å²) in [7, 11) is -3.57. The van der Waals surface area contributed by atoms with Crippen molar-refractivity contribution >= 4 is 15.7 Å². The van der Waals surface area contributed by atoms with Gasteiger partial charge in [-0.25, -0.2) is 12.8 Å². The molecule has 22 heavy (non-hydrogen) atoms. The van der Waals surface area contributed by atoms with E-state index in [4.69, 9.17) is 10.5 Å². The number of ether oxygens (including phenoxy) is 1. The quantitative estimate of drug-likeness (QED) is 0.753. The Morgan fingerprint density at radius 2 is 1.86 bits per heavy atom. The number of hydrogen-bond donors (Lipinski definition) is 2. The molecule has 1 saturated heterocycles. The van der Waals surface area contributed by atoms with E-state index in [0.717, 1.165) is 12.1 Å². The Kier molecular flexibility index (Phi) is 5.15. The van der Waals surface area contributed by atoms with Crippen LogP contribution in [0.1, 0.15) is 12.8 Å². The van der Waals surface area contributed by atoms with Gasteiger partial charge in [0, 0.05) is 19.8 Å². The van der Waals surface area contributed by atoms with Crippen molar-refractivity contribution in [1.82, 2.24) is 5.32 Å². The molecule has 1 heterocycles. The van der Waals surface area contributed by atoms with Gasteiger partial charge in [-0.3, -0.25) is 4.79 Å². The molecule has 1 amide bonds. The van der Waals surface area contributed by atoms with Crippen LogP contribution in [-0.2, 0) is 19.4 Å². The zero-order valence-electron chi connectivity index (χ0n) is 12.0. The number of nitrogens with two attached hydrogens (primary N) is 1. The Labute approximate surface area is 128 Å². The highest BCUT2D eigenvalue weighted by molar-refractivity contribution is 7.91. The first-order chi connectivity index (χ1) is 10.3. The van der Waals surface area contributed by atoms with E-state index in [1.165, 1.54) is 12.1 Å². The van der Waals surface area contributed by atoms with Gasteiger partial charge >= 0.3 is 0 Å². The van der Waals surface area contributed by atoms with Crippen LogP contribution in [0.3, 0.4) is 0 Å². The van der Waals surface area contributed by atoms with Crippen LogP contribution in [0.25, 0.3) is 0 Å². The molecule has 3 N–H and O–H groups in total. The molecule has 0 aromatic heterocycles. The molecule has 0 aliphatic carbocycles. The maximum Gasteiger partial charge on any atom is 0.240 e. The topological polar surface area (TPSA) is 98.5 Å². The Morgan fingerprint density at radius 3 is 2.45 bits per heavy atom. The molecule has 0 saturated carbocycles. The van der Waals surface area contributed by atoms with E-state index < -0.39 is 21.2 Å². The van der Waals surface area contributed by atoms with Crippen LogP contribution in [0.15, 0.2) is 29.2 Å². The molecule has 2 rings (SSSR count). The second-order valence-corrected chi connectivity index (χ2v) is 7.41. The number of amides is 1. The van der Waals surface area contributed by atoms with Crippen LogP contribution in [-0.4, -0.2) is 45.4 Å². The normalized spacial score (nSPS) is 17.9. The van der Waals surface area contributed by atoms with Gasteiger partial charge in [-0.15, -0.1) is 0 Å². The van der Waals surface area contributed by atoms with Crippen LogP contribution in [0.2, 0.25) is 0 Å². The minimum Gasteiger partial charge on any atom is -0.381 e. The smallest absolute Gasteiger partial charge is 0.240 e. The van der Waals surface area contributed by atoms with Crippen molar-refractivity contribution in [3.05, 3.63) is 30.1 Å². The number of rotatable bonds is 5. The molecule has 6 nitrogen and oxygen atoms in total. The van der Waals surface area contributed by atoms with Crippen LogP contribution in [0.4, 0.5) is 4.39 Å². The Balaban J connectivity index is 1.90. The lowest BCUT2D eigenvalue weighted by atomic mass is 9.90. The predicted octanol–water partition coefficient (Wildman–Crippen LogP) is 0.223. The van der Waals surface area contributed by atoms with Gasteiger partial charge in [-0.1, -0.05) is 0 Å². The number of halogens is 1. The zero-order valence-corrected chi connectivity index (χ0v) is 12.9. The van der Waals surface area contributed by atoms with E-state index in [1.807, 2.05) is 0 Å². The summed E-state index contributed by atoms with van der Waals surface area (Å²) in [4.78, 5) is 12.1. The number of carbonyl (C=O) groups excluding carboxylic acids is 1. The highest BCUT2D eigenvalue weighted by Gasteiger charge is 2.35. The summed E-state index contributed by atoms with van der Waals surface area (Å²) < 4.78 is 42.1. The van der Waals surface area contributed by atoms with Crippen LogP contribution in [0.5, 0.6) is 0 Å². The summed E-state index contributed by atoms with van der Waals surface area (Å²) in [5.41, 5.74) is 4.99. The number of nitrogens with one attached hydrogen (secondary N) is 1. The van der Waals surface area contributed by atoms with Crippen molar-refractivity contribution in [2.45, 2.75) is 23.3 Å². The van der Waals surface area contributed by atoms with Gasteiger partial charge in [0.25, 0.3) is 0 Å². The van der Waals surface area contributed by atoms with Crippen LogP contribution < -0.4 is 11.1 Å². The van der Waals surface area contributed by atoms with Gasteiger partial charge in [-0.05, 0) is 37.1 Å². The number of benzene rings is 1. The standard InChI is InChI=1S/C14H19FN2O4S/c15-11-1-3-12(4-2-11)22(19,20)10-7-17-13(18)14(16)5-8-21-9-6-14/h1-4H,5-10,16H2,(H,17,18).